The maximum Gasteiger partial charge on any atom is 0.0180 e. The van der Waals surface area contributed by atoms with E-state index in [1.54, 1.807) is 0 Å². The van der Waals surface area contributed by atoms with Crippen LogP contribution in [0.4, 0.5) is 0 Å². The lowest BCUT2D eigenvalue weighted by Gasteiger charge is -2.26. The Kier molecular flexibility index (Phi) is 2.37. The lowest BCUT2D eigenvalue weighted by Crippen LogP contribution is -2.36. The second kappa shape index (κ2) is 3.35. The van der Waals surface area contributed by atoms with Crippen molar-refractivity contribution in [1.29, 1.82) is 0 Å². The topological polar surface area (TPSA) is 29.3 Å². The molecule has 1 saturated heterocycles. The van der Waals surface area contributed by atoms with Crippen molar-refractivity contribution in [2.75, 3.05) is 13.1 Å². The van der Waals surface area contributed by atoms with Crippen molar-refractivity contribution in [3.63, 3.8) is 0 Å². The largest absolute Gasteiger partial charge is 0.326 e. The van der Waals surface area contributed by atoms with Crippen molar-refractivity contribution in [2.45, 2.75) is 44.7 Å². The molecule has 70 valence electrons. The molecule has 1 heterocycles. The van der Waals surface area contributed by atoms with Crippen molar-refractivity contribution >= 4 is 0 Å². The van der Waals surface area contributed by atoms with Gasteiger partial charge in [-0.15, -0.1) is 0 Å². The molecular formula is C10H20N2. The van der Waals surface area contributed by atoms with Gasteiger partial charge in [-0.25, -0.2) is 0 Å². The zero-order valence-electron chi connectivity index (χ0n) is 8.00. The van der Waals surface area contributed by atoms with E-state index in [9.17, 15) is 0 Å². The first-order valence-corrected chi connectivity index (χ1v) is 5.31. The fourth-order valence-corrected chi connectivity index (χ4v) is 2.49. The van der Waals surface area contributed by atoms with Crippen molar-refractivity contribution < 1.29 is 0 Å². The van der Waals surface area contributed by atoms with Crippen LogP contribution in [0.15, 0.2) is 0 Å². The number of hydrogen-bond donors (Lipinski definition) is 1. The molecule has 0 spiro atoms. The first kappa shape index (κ1) is 8.52. The molecule has 12 heavy (non-hydrogen) atoms. The van der Waals surface area contributed by atoms with Gasteiger partial charge in [0.1, 0.15) is 0 Å². The minimum Gasteiger partial charge on any atom is -0.326 e. The number of rotatable bonds is 3. The Morgan fingerprint density at radius 1 is 1.42 bits per heavy atom. The van der Waals surface area contributed by atoms with Gasteiger partial charge in [-0.05, 0) is 31.6 Å². The van der Waals surface area contributed by atoms with Crippen LogP contribution in [0.5, 0.6) is 0 Å². The summed E-state index contributed by atoms with van der Waals surface area (Å²) in [5.74, 6) is 1.01. The Morgan fingerprint density at radius 2 is 2.17 bits per heavy atom. The molecule has 2 nitrogen and oxygen atoms in total. The molecular weight excluding hydrogens is 148 g/mol. The predicted molar refractivity (Wildman–Crippen MR) is 51.0 cm³/mol. The van der Waals surface area contributed by atoms with Crippen LogP contribution in [-0.4, -0.2) is 30.1 Å². The van der Waals surface area contributed by atoms with Crippen LogP contribution in [0.25, 0.3) is 0 Å². The maximum atomic E-state index is 5.90. The highest BCUT2D eigenvalue weighted by Crippen LogP contribution is 2.37. The van der Waals surface area contributed by atoms with E-state index in [1.165, 1.54) is 32.2 Å². The molecule has 2 unspecified atom stereocenters. The summed E-state index contributed by atoms with van der Waals surface area (Å²) in [6.07, 6.45) is 5.45. The van der Waals surface area contributed by atoms with Crippen molar-refractivity contribution in [2.24, 2.45) is 11.7 Å². The highest BCUT2D eigenvalue weighted by molar-refractivity contribution is 4.91. The molecule has 0 bridgehead atoms. The molecule has 2 N–H and O–H groups in total. The van der Waals surface area contributed by atoms with Gasteiger partial charge in [0.2, 0.25) is 0 Å². The molecule has 2 rings (SSSR count). The van der Waals surface area contributed by atoms with Crippen LogP contribution in [0, 0.1) is 5.92 Å². The first-order valence-electron chi connectivity index (χ1n) is 5.31. The van der Waals surface area contributed by atoms with Gasteiger partial charge in [0.25, 0.3) is 0 Å². The first-order chi connectivity index (χ1) is 5.81. The second-order valence-corrected chi connectivity index (χ2v) is 4.36. The summed E-state index contributed by atoms with van der Waals surface area (Å²) in [5, 5.41) is 0. The average Bonchev–Trinajstić information content (AvgIpc) is 2.78. The standard InChI is InChI=1S/C10H20N2/c1-2-10(8-3-4-8)12-6-5-9(11)7-12/h8-10H,2-7,11H2,1H3. The zero-order chi connectivity index (χ0) is 8.55. The zero-order valence-corrected chi connectivity index (χ0v) is 8.00. The van der Waals surface area contributed by atoms with Crippen LogP contribution >= 0.6 is 0 Å². The van der Waals surface area contributed by atoms with E-state index in [4.69, 9.17) is 5.73 Å². The average molecular weight is 168 g/mol. The van der Waals surface area contributed by atoms with E-state index < -0.39 is 0 Å². The van der Waals surface area contributed by atoms with Gasteiger partial charge in [-0.2, -0.15) is 0 Å². The van der Waals surface area contributed by atoms with E-state index in [0.29, 0.717) is 6.04 Å². The van der Waals surface area contributed by atoms with Gasteiger partial charge in [-0.3, -0.25) is 4.90 Å². The molecule has 1 aliphatic heterocycles. The third kappa shape index (κ3) is 1.64. The van der Waals surface area contributed by atoms with Gasteiger partial charge >= 0.3 is 0 Å². The van der Waals surface area contributed by atoms with Gasteiger partial charge in [0, 0.05) is 25.2 Å². The molecule has 2 atom stereocenters. The molecule has 2 fully saturated rings. The van der Waals surface area contributed by atoms with E-state index in [2.05, 4.69) is 11.8 Å². The highest BCUT2D eigenvalue weighted by atomic mass is 15.2. The number of likely N-dealkylation sites (tertiary alicyclic amines) is 1. The molecule has 0 aromatic rings. The van der Waals surface area contributed by atoms with Crippen molar-refractivity contribution in [3.8, 4) is 0 Å². The molecule has 0 amide bonds. The SMILES string of the molecule is CCC(C1CC1)N1CCC(N)C1. The Hall–Kier alpha value is -0.0800. The fraction of sp³-hybridized carbons (Fsp3) is 1.00. The van der Waals surface area contributed by atoms with Crippen molar-refractivity contribution in [3.05, 3.63) is 0 Å². The minimum absolute atomic E-state index is 0.456. The lowest BCUT2D eigenvalue weighted by molar-refractivity contribution is 0.210. The van der Waals surface area contributed by atoms with Crippen LogP contribution in [0.2, 0.25) is 0 Å². The summed E-state index contributed by atoms with van der Waals surface area (Å²) in [7, 11) is 0. The normalized spacial score (nSPS) is 34.0. The summed E-state index contributed by atoms with van der Waals surface area (Å²) in [4.78, 5) is 2.61. The van der Waals surface area contributed by atoms with E-state index in [0.717, 1.165) is 18.5 Å². The summed E-state index contributed by atoms with van der Waals surface area (Å²) in [5.41, 5.74) is 5.90. The molecule has 2 aliphatic rings. The second-order valence-electron chi connectivity index (χ2n) is 4.36. The Labute approximate surface area is 75.1 Å². The third-order valence-electron chi connectivity index (χ3n) is 3.31. The quantitative estimate of drug-likeness (QED) is 0.686. The summed E-state index contributed by atoms with van der Waals surface area (Å²) in [6, 6.07) is 1.32. The van der Waals surface area contributed by atoms with Crippen LogP contribution in [-0.2, 0) is 0 Å². The summed E-state index contributed by atoms with van der Waals surface area (Å²) >= 11 is 0. The summed E-state index contributed by atoms with van der Waals surface area (Å²) in [6.45, 7) is 4.71. The Morgan fingerprint density at radius 3 is 2.58 bits per heavy atom. The molecule has 1 saturated carbocycles. The maximum absolute atomic E-state index is 5.90. The Bertz CT molecular complexity index is 154. The van der Waals surface area contributed by atoms with Crippen LogP contribution in [0.1, 0.15) is 32.6 Å². The van der Waals surface area contributed by atoms with Crippen LogP contribution in [0.3, 0.4) is 0 Å². The van der Waals surface area contributed by atoms with Crippen molar-refractivity contribution in [1.82, 2.24) is 4.90 Å². The van der Waals surface area contributed by atoms with E-state index in [-0.39, 0.29) is 0 Å². The molecule has 2 heteroatoms. The minimum atomic E-state index is 0.456. The molecule has 0 aromatic heterocycles. The van der Waals surface area contributed by atoms with Gasteiger partial charge in [0.15, 0.2) is 0 Å². The van der Waals surface area contributed by atoms with Crippen LogP contribution < -0.4 is 5.73 Å². The fourth-order valence-electron chi connectivity index (χ4n) is 2.49. The van der Waals surface area contributed by atoms with Gasteiger partial charge in [-0.1, -0.05) is 6.92 Å². The monoisotopic (exact) mass is 168 g/mol. The third-order valence-corrected chi connectivity index (χ3v) is 3.31. The summed E-state index contributed by atoms with van der Waals surface area (Å²) < 4.78 is 0. The van der Waals surface area contributed by atoms with Gasteiger partial charge < -0.3 is 5.73 Å². The van der Waals surface area contributed by atoms with E-state index in [1.807, 2.05) is 0 Å². The smallest absolute Gasteiger partial charge is 0.0180 e. The lowest BCUT2D eigenvalue weighted by atomic mass is 10.1. The van der Waals surface area contributed by atoms with E-state index >= 15 is 0 Å². The molecule has 0 aromatic carbocycles. The predicted octanol–water partition coefficient (Wildman–Crippen LogP) is 1.21. The number of nitrogens with two attached hydrogens (primary N) is 1. The highest BCUT2D eigenvalue weighted by Gasteiger charge is 2.36. The van der Waals surface area contributed by atoms with Gasteiger partial charge in [0.05, 0.1) is 0 Å². The number of nitrogens with zero attached hydrogens (tertiary/aromatic N) is 1. The Balaban J connectivity index is 1.88. The molecule has 0 radical (unpaired) electrons. The number of hydrogen-bond acceptors (Lipinski definition) is 2. The molecule has 1 aliphatic carbocycles.